The summed E-state index contributed by atoms with van der Waals surface area (Å²) in [5, 5.41) is 8.58. The molecule has 10 heteroatoms. The van der Waals surface area contributed by atoms with Crippen molar-refractivity contribution in [1.82, 2.24) is 14.7 Å². The molecule has 0 amide bonds. The van der Waals surface area contributed by atoms with Crippen molar-refractivity contribution >= 4 is 44.2 Å². The van der Waals surface area contributed by atoms with E-state index in [2.05, 4.69) is 22.2 Å². The van der Waals surface area contributed by atoms with Crippen molar-refractivity contribution in [2.24, 2.45) is 0 Å². The summed E-state index contributed by atoms with van der Waals surface area (Å²) in [6, 6.07) is 7.74. The number of rotatable bonds is 9. The molecule has 154 valence electrons. The second-order valence-corrected chi connectivity index (χ2v) is 10.6. The van der Waals surface area contributed by atoms with Crippen LogP contribution in [0.15, 0.2) is 24.3 Å². The van der Waals surface area contributed by atoms with E-state index < -0.39 is 9.84 Å². The molecule has 28 heavy (non-hydrogen) atoms. The molecule has 2 aromatic rings. The van der Waals surface area contributed by atoms with Crippen LogP contribution < -0.4 is 10.1 Å². The fourth-order valence-electron chi connectivity index (χ4n) is 3.30. The van der Waals surface area contributed by atoms with Gasteiger partial charge < -0.3 is 10.1 Å². The van der Waals surface area contributed by atoms with E-state index in [1.165, 1.54) is 11.3 Å². The molecular formula is C18H26N4O3S3. The molecule has 3 rings (SSSR count). The van der Waals surface area contributed by atoms with Crippen LogP contribution >= 0.6 is 23.6 Å². The third-order valence-electron chi connectivity index (χ3n) is 4.59. The molecular weight excluding hydrogens is 416 g/mol. The van der Waals surface area contributed by atoms with E-state index in [9.17, 15) is 8.42 Å². The minimum atomic E-state index is -2.93. The fourth-order valence-corrected chi connectivity index (χ4v) is 6.07. The normalized spacial score (nSPS) is 18.5. The molecule has 0 saturated carbocycles. The highest BCUT2D eigenvalue weighted by Crippen LogP contribution is 2.29. The molecule has 1 N–H and O–H groups in total. The molecule has 0 unspecified atom stereocenters. The van der Waals surface area contributed by atoms with Gasteiger partial charge in [0.25, 0.3) is 0 Å². The van der Waals surface area contributed by atoms with Crippen molar-refractivity contribution in [2.45, 2.75) is 39.4 Å². The summed E-state index contributed by atoms with van der Waals surface area (Å²) in [5.41, 5.74) is 0.840. The second kappa shape index (κ2) is 9.34. The van der Waals surface area contributed by atoms with Crippen LogP contribution in [0.2, 0.25) is 0 Å². The van der Waals surface area contributed by atoms with Gasteiger partial charge in [0, 0.05) is 6.04 Å². The number of hydrogen-bond donors (Lipinski definition) is 1. The van der Waals surface area contributed by atoms with E-state index in [1.807, 2.05) is 31.2 Å². The third kappa shape index (κ3) is 5.31. The van der Waals surface area contributed by atoms with Crippen LogP contribution in [0.1, 0.15) is 26.7 Å². The van der Waals surface area contributed by atoms with Gasteiger partial charge in [-0.05, 0) is 50.7 Å². The maximum absolute atomic E-state index is 11.9. The Kier molecular flexibility index (Phi) is 7.08. The summed E-state index contributed by atoms with van der Waals surface area (Å²) in [6.45, 7) is 5.93. The predicted octanol–water partition coefficient (Wildman–Crippen LogP) is 3.67. The van der Waals surface area contributed by atoms with Crippen LogP contribution in [-0.2, 0) is 16.5 Å². The zero-order chi connectivity index (χ0) is 20.1. The molecule has 1 aromatic carbocycles. The number of benzene rings is 1. The number of para-hydroxylation sites is 2. The van der Waals surface area contributed by atoms with Crippen LogP contribution in [0.4, 0.5) is 10.8 Å². The van der Waals surface area contributed by atoms with E-state index in [4.69, 9.17) is 17.0 Å². The Labute approximate surface area is 175 Å². The lowest BCUT2D eigenvalue weighted by atomic mass is 10.2. The predicted molar refractivity (Wildman–Crippen MR) is 116 cm³/mol. The van der Waals surface area contributed by atoms with Gasteiger partial charge in [-0.1, -0.05) is 30.4 Å². The van der Waals surface area contributed by atoms with Gasteiger partial charge in [-0.3, -0.25) is 4.90 Å². The SMILES string of the molecule is CCCN(Cn1nc(Nc2ccccc2OCC)sc1=S)[C@H]1CCS(=O)(=O)C1. The van der Waals surface area contributed by atoms with Crippen molar-refractivity contribution < 1.29 is 13.2 Å². The molecule has 1 aromatic heterocycles. The smallest absolute Gasteiger partial charge is 0.209 e. The first-order chi connectivity index (χ1) is 13.4. The van der Waals surface area contributed by atoms with Crippen LogP contribution in [0.3, 0.4) is 0 Å². The Bertz CT molecular complexity index is 955. The summed E-state index contributed by atoms with van der Waals surface area (Å²) < 4.78 is 31.8. The van der Waals surface area contributed by atoms with Gasteiger partial charge >= 0.3 is 0 Å². The lowest BCUT2D eigenvalue weighted by Crippen LogP contribution is -2.38. The van der Waals surface area contributed by atoms with Crippen LogP contribution in [0, 0.1) is 3.95 Å². The van der Waals surface area contributed by atoms with Gasteiger partial charge in [0.2, 0.25) is 5.13 Å². The number of hydrogen-bond acceptors (Lipinski definition) is 8. The average molecular weight is 443 g/mol. The Morgan fingerprint density at radius 2 is 2.18 bits per heavy atom. The highest BCUT2D eigenvalue weighted by molar-refractivity contribution is 7.91. The van der Waals surface area contributed by atoms with Crippen LogP contribution in [0.5, 0.6) is 5.75 Å². The standard InChI is InChI=1S/C18H26N4O3S3/c1-3-10-21(14-9-11-28(23,24)12-14)13-22-18(26)27-17(20-22)19-15-7-5-6-8-16(15)25-4-2/h5-8,14H,3-4,9-13H2,1-2H3,(H,19,20)/t14-/m0/s1. The monoisotopic (exact) mass is 442 g/mol. The van der Waals surface area contributed by atoms with Gasteiger partial charge in [-0.2, -0.15) is 0 Å². The highest BCUT2D eigenvalue weighted by Gasteiger charge is 2.32. The first kappa shape index (κ1) is 21.2. The first-order valence-electron chi connectivity index (χ1n) is 9.43. The first-order valence-corrected chi connectivity index (χ1v) is 12.5. The Hall–Kier alpha value is -1.49. The molecule has 0 spiro atoms. The van der Waals surface area contributed by atoms with Gasteiger partial charge in [0.05, 0.1) is 30.5 Å². The van der Waals surface area contributed by atoms with Crippen LogP contribution in [-0.4, -0.2) is 53.8 Å². The average Bonchev–Trinajstić information content (AvgIpc) is 3.18. The van der Waals surface area contributed by atoms with Crippen molar-refractivity contribution in [2.75, 3.05) is 30.0 Å². The molecule has 0 aliphatic carbocycles. The van der Waals surface area contributed by atoms with Crippen molar-refractivity contribution in [3.05, 3.63) is 28.2 Å². The van der Waals surface area contributed by atoms with Crippen molar-refractivity contribution in [3.8, 4) is 5.75 Å². The Morgan fingerprint density at radius 1 is 1.39 bits per heavy atom. The fraction of sp³-hybridized carbons (Fsp3) is 0.556. The molecule has 2 heterocycles. The topological polar surface area (TPSA) is 76.5 Å². The summed E-state index contributed by atoms with van der Waals surface area (Å²) in [6.07, 6.45) is 1.62. The van der Waals surface area contributed by atoms with Crippen molar-refractivity contribution in [1.29, 1.82) is 0 Å². The Balaban J connectivity index is 1.75. The molecule has 1 aliphatic rings. The highest BCUT2D eigenvalue weighted by atomic mass is 32.2. The number of anilines is 2. The van der Waals surface area contributed by atoms with Crippen LogP contribution in [0.25, 0.3) is 0 Å². The lowest BCUT2D eigenvalue weighted by Gasteiger charge is -2.27. The quantitative estimate of drug-likeness (QED) is 0.594. The van der Waals surface area contributed by atoms with E-state index in [0.29, 0.717) is 28.8 Å². The lowest BCUT2D eigenvalue weighted by molar-refractivity contribution is 0.156. The van der Waals surface area contributed by atoms with E-state index in [1.54, 1.807) is 4.68 Å². The minimum absolute atomic E-state index is 0.0311. The molecule has 0 bridgehead atoms. The maximum atomic E-state index is 11.9. The van der Waals surface area contributed by atoms with E-state index >= 15 is 0 Å². The molecule has 7 nitrogen and oxygen atoms in total. The van der Waals surface area contributed by atoms with E-state index in [-0.39, 0.29) is 17.5 Å². The van der Waals surface area contributed by atoms with E-state index in [0.717, 1.165) is 24.4 Å². The zero-order valence-electron chi connectivity index (χ0n) is 16.1. The minimum Gasteiger partial charge on any atom is -0.492 e. The molecule has 0 radical (unpaired) electrons. The Morgan fingerprint density at radius 3 is 2.86 bits per heavy atom. The van der Waals surface area contributed by atoms with Gasteiger partial charge in [-0.15, -0.1) is 5.10 Å². The molecule has 1 fully saturated rings. The van der Waals surface area contributed by atoms with Gasteiger partial charge in [0.15, 0.2) is 13.8 Å². The number of aromatic nitrogens is 2. The number of nitrogens with zero attached hydrogens (tertiary/aromatic N) is 3. The van der Waals surface area contributed by atoms with Gasteiger partial charge in [-0.25, -0.2) is 13.1 Å². The summed E-state index contributed by atoms with van der Waals surface area (Å²) in [4.78, 5) is 2.18. The van der Waals surface area contributed by atoms with Gasteiger partial charge in [0.1, 0.15) is 5.75 Å². The number of sulfone groups is 1. The second-order valence-electron chi connectivity index (χ2n) is 6.74. The molecule has 1 atom stereocenters. The maximum Gasteiger partial charge on any atom is 0.209 e. The summed E-state index contributed by atoms with van der Waals surface area (Å²) >= 11 is 6.89. The van der Waals surface area contributed by atoms with Crippen molar-refractivity contribution in [3.63, 3.8) is 0 Å². The third-order valence-corrected chi connectivity index (χ3v) is 7.56. The number of ether oxygens (including phenoxy) is 1. The largest absolute Gasteiger partial charge is 0.492 e. The number of nitrogens with one attached hydrogen (secondary N) is 1. The molecule has 1 aliphatic heterocycles. The summed E-state index contributed by atoms with van der Waals surface area (Å²) in [7, 11) is -2.93. The zero-order valence-corrected chi connectivity index (χ0v) is 18.6. The summed E-state index contributed by atoms with van der Waals surface area (Å²) in [5.74, 6) is 1.25. The molecule has 1 saturated heterocycles.